The van der Waals surface area contributed by atoms with Crippen LogP contribution in [0.4, 0.5) is 5.69 Å². The van der Waals surface area contributed by atoms with Gasteiger partial charge in [-0.3, -0.25) is 0 Å². The summed E-state index contributed by atoms with van der Waals surface area (Å²) >= 11 is 5.75. The van der Waals surface area contributed by atoms with Crippen LogP contribution >= 0.6 is 11.6 Å². The van der Waals surface area contributed by atoms with E-state index in [0.29, 0.717) is 5.69 Å². The zero-order valence-electron chi connectivity index (χ0n) is 7.37. The summed E-state index contributed by atoms with van der Waals surface area (Å²) in [7, 11) is 0. The molecule has 0 aliphatic heterocycles. The van der Waals surface area contributed by atoms with Crippen LogP contribution in [-0.2, 0) is 4.74 Å². The van der Waals surface area contributed by atoms with Gasteiger partial charge in [0, 0.05) is 5.69 Å². The number of nitrogen functional groups attached to an aromatic ring is 1. The van der Waals surface area contributed by atoms with Gasteiger partial charge in [0.1, 0.15) is 6.61 Å². The molecule has 5 heteroatoms. The maximum Gasteiger partial charge on any atom is 0.339 e. The monoisotopic (exact) mass is 215 g/mol. The molecule has 14 heavy (non-hydrogen) atoms. The molecule has 1 aromatic rings. The Kier molecular flexibility index (Phi) is 3.73. The number of benzene rings is 1. The SMILES string of the molecule is Nc1ccc(Cl)c(C(=O)OCCO)c1. The van der Waals surface area contributed by atoms with E-state index in [1.54, 1.807) is 6.07 Å². The molecular formula is C9H10ClNO3. The summed E-state index contributed by atoms with van der Waals surface area (Å²) in [5.41, 5.74) is 6.12. The lowest BCUT2D eigenvalue weighted by Gasteiger charge is -2.05. The zero-order chi connectivity index (χ0) is 10.6. The molecule has 1 rings (SSSR count). The number of aliphatic hydroxyl groups excluding tert-OH is 1. The molecule has 1 aromatic carbocycles. The van der Waals surface area contributed by atoms with Crippen molar-refractivity contribution in [3.8, 4) is 0 Å². The Morgan fingerprint density at radius 1 is 1.57 bits per heavy atom. The first kappa shape index (κ1) is 10.8. The highest BCUT2D eigenvalue weighted by atomic mass is 35.5. The van der Waals surface area contributed by atoms with Crippen LogP contribution < -0.4 is 5.73 Å². The van der Waals surface area contributed by atoms with E-state index < -0.39 is 5.97 Å². The number of carbonyl (C=O) groups is 1. The Bertz CT molecular complexity index is 341. The summed E-state index contributed by atoms with van der Waals surface area (Å²) in [5, 5.41) is 8.73. The van der Waals surface area contributed by atoms with Crippen LogP contribution in [0.3, 0.4) is 0 Å². The number of hydrogen-bond donors (Lipinski definition) is 2. The van der Waals surface area contributed by atoms with Crippen molar-refractivity contribution in [2.24, 2.45) is 0 Å². The molecule has 0 atom stereocenters. The number of nitrogens with two attached hydrogens (primary N) is 1. The average molecular weight is 216 g/mol. The summed E-state index contributed by atoms with van der Waals surface area (Å²) in [6.07, 6.45) is 0. The molecule has 76 valence electrons. The Hall–Kier alpha value is -1.26. The van der Waals surface area contributed by atoms with Gasteiger partial charge >= 0.3 is 5.97 Å². The van der Waals surface area contributed by atoms with Crippen LogP contribution in [0.2, 0.25) is 5.02 Å². The van der Waals surface area contributed by atoms with E-state index in [1.165, 1.54) is 12.1 Å². The van der Waals surface area contributed by atoms with Crippen molar-refractivity contribution >= 4 is 23.3 Å². The molecule has 0 amide bonds. The zero-order valence-corrected chi connectivity index (χ0v) is 8.12. The lowest BCUT2D eigenvalue weighted by atomic mass is 10.2. The standard InChI is InChI=1S/C9H10ClNO3/c10-8-2-1-6(11)5-7(8)9(13)14-4-3-12/h1-2,5,12H,3-4,11H2. The summed E-state index contributed by atoms with van der Waals surface area (Å²) in [6.45, 7) is -0.268. The molecule has 0 aliphatic carbocycles. The highest BCUT2D eigenvalue weighted by Crippen LogP contribution is 2.19. The number of aliphatic hydroxyl groups is 1. The molecule has 0 radical (unpaired) electrons. The van der Waals surface area contributed by atoms with E-state index in [2.05, 4.69) is 4.74 Å². The van der Waals surface area contributed by atoms with Crippen LogP contribution in [0, 0.1) is 0 Å². The molecule has 0 saturated carbocycles. The lowest BCUT2D eigenvalue weighted by Crippen LogP contribution is -2.09. The summed E-state index contributed by atoms with van der Waals surface area (Å²) in [5.74, 6) is -0.587. The summed E-state index contributed by atoms with van der Waals surface area (Å²) < 4.78 is 4.68. The molecule has 0 saturated heterocycles. The van der Waals surface area contributed by atoms with Crippen molar-refractivity contribution in [2.75, 3.05) is 18.9 Å². The molecule has 0 aromatic heterocycles. The summed E-state index contributed by atoms with van der Waals surface area (Å²) in [6, 6.07) is 4.54. The molecule has 0 bridgehead atoms. The van der Waals surface area contributed by atoms with Gasteiger partial charge in [0.15, 0.2) is 0 Å². The fraction of sp³-hybridized carbons (Fsp3) is 0.222. The first-order valence-electron chi connectivity index (χ1n) is 3.98. The Morgan fingerprint density at radius 2 is 2.29 bits per heavy atom. The van der Waals surface area contributed by atoms with Gasteiger partial charge in [-0.1, -0.05) is 11.6 Å². The van der Waals surface area contributed by atoms with Crippen LogP contribution in [0.15, 0.2) is 18.2 Å². The molecule has 3 N–H and O–H groups in total. The minimum Gasteiger partial charge on any atom is -0.460 e. The maximum absolute atomic E-state index is 11.3. The maximum atomic E-state index is 11.3. The van der Waals surface area contributed by atoms with Gasteiger partial charge < -0.3 is 15.6 Å². The number of anilines is 1. The van der Waals surface area contributed by atoms with E-state index in [9.17, 15) is 4.79 Å². The molecular weight excluding hydrogens is 206 g/mol. The summed E-state index contributed by atoms with van der Waals surface area (Å²) in [4.78, 5) is 11.3. The van der Waals surface area contributed by atoms with E-state index >= 15 is 0 Å². The van der Waals surface area contributed by atoms with Crippen molar-refractivity contribution in [3.63, 3.8) is 0 Å². The highest BCUT2D eigenvalue weighted by molar-refractivity contribution is 6.33. The average Bonchev–Trinajstić information content (AvgIpc) is 2.18. The second-order valence-corrected chi connectivity index (χ2v) is 3.01. The van der Waals surface area contributed by atoms with Crippen molar-refractivity contribution in [3.05, 3.63) is 28.8 Å². The first-order valence-corrected chi connectivity index (χ1v) is 4.36. The van der Waals surface area contributed by atoms with Gasteiger partial charge in [0.05, 0.1) is 17.2 Å². The van der Waals surface area contributed by atoms with Crippen molar-refractivity contribution in [1.82, 2.24) is 0 Å². The van der Waals surface area contributed by atoms with Crippen LogP contribution in [-0.4, -0.2) is 24.3 Å². The third-order valence-electron chi connectivity index (χ3n) is 1.53. The minimum atomic E-state index is -0.587. The van der Waals surface area contributed by atoms with E-state index in [1.807, 2.05) is 0 Å². The third kappa shape index (κ3) is 2.61. The molecule has 0 fully saturated rings. The predicted octanol–water partition coefficient (Wildman–Crippen LogP) is 1.07. The van der Waals surface area contributed by atoms with Crippen LogP contribution in [0.5, 0.6) is 0 Å². The molecule has 0 unspecified atom stereocenters. The number of ether oxygens (including phenoxy) is 1. The van der Waals surface area contributed by atoms with Crippen molar-refractivity contribution < 1.29 is 14.6 Å². The second-order valence-electron chi connectivity index (χ2n) is 2.60. The van der Waals surface area contributed by atoms with Gasteiger partial charge in [0.2, 0.25) is 0 Å². The number of hydrogen-bond acceptors (Lipinski definition) is 4. The normalized spacial score (nSPS) is 9.86. The van der Waals surface area contributed by atoms with Gasteiger partial charge in [-0.25, -0.2) is 4.79 Å². The predicted molar refractivity (Wildman–Crippen MR) is 53.2 cm³/mol. The molecule has 4 nitrogen and oxygen atoms in total. The fourth-order valence-corrected chi connectivity index (χ4v) is 1.11. The topological polar surface area (TPSA) is 72.6 Å². The smallest absolute Gasteiger partial charge is 0.339 e. The van der Waals surface area contributed by atoms with Crippen molar-refractivity contribution in [2.45, 2.75) is 0 Å². The molecule has 0 spiro atoms. The van der Waals surface area contributed by atoms with Gasteiger partial charge in [-0.05, 0) is 18.2 Å². The minimum absolute atomic E-state index is 0.0516. The fourth-order valence-electron chi connectivity index (χ4n) is 0.915. The first-order chi connectivity index (χ1) is 6.65. The number of rotatable bonds is 3. The lowest BCUT2D eigenvalue weighted by molar-refractivity contribution is 0.0434. The number of esters is 1. The Balaban J connectivity index is 2.83. The van der Waals surface area contributed by atoms with Crippen LogP contribution in [0.1, 0.15) is 10.4 Å². The van der Waals surface area contributed by atoms with Gasteiger partial charge in [0.25, 0.3) is 0 Å². The highest BCUT2D eigenvalue weighted by Gasteiger charge is 2.11. The van der Waals surface area contributed by atoms with Crippen molar-refractivity contribution in [1.29, 1.82) is 0 Å². The number of carbonyl (C=O) groups excluding carboxylic acids is 1. The second kappa shape index (κ2) is 4.83. The molecule has 0 heterocycles. The Labute approximate surface area is 86.2 Å². The van der Waals surface area contributed by atoms with Gasteiger partial charge in [-0.15, -0.1) is 0 Å². The number of halogens is 1. The quantitative estimate of drug-likeness (QED) is 0.585. The largest absolute Gasteiger partial charge is 0.460 e. The van der Waals surface area contributed by atoms with E-state index in [4.69, 9.17) is 22.4 Å². The molecule has 0 aliphatic rings. The van der Waals surface area contributed by atoms with Crippen LogP contribution in [0.25, 0.3) is 0 Å². The third-order valence-corrected chi connectivity index (χ3v) is 1.86. The van der Waals surface area contributed by atoms with E-state index in [0.717, 1.165) is 0 Å². The van der Waals surface area contributed by atoms with E-state index in [-0.39, 0.29) is 23.8 Å². The van der Waals surface area contributed by atoms with Gasteiger partial charge in [-0.2, -0.15) is 0 Å². The Morgan fingerprint density at radius 3 is 2.93 bits per heavy atom.